The highest BCUT2D eigenvalue weighted by molar-refractivity contribution is 5.90. The Labute approximate surface area is 73.8 Å². The number of rotatable bonds is 4. The fourth-order valence-electron chi connectivity index (χ4n) is 0.674. The molecule has 13 heavy (non-hydrogen) atoms. The minimum Gasteiger partial charge on any atom is -0.394 e. The zero-order chi connectivity index (χ0) is 9.68. The summed E-state index contributed by atoms with van der Waals surface area (Å²) in [5.74, 6) is -0.393. The van der Waals surface area contributed by atoms with Crippen molar-refractivity contribution in [2.24, 2.45) is 0 Å². The number of nitrogens with one attached hydrogen (secondary N) is 2. The summed E-state index contributed by atoms with van der Waals surface area (Å²) in [5.41, 5.74) is 0. The van der Waals surface area contributed by atoms with Crippen molar-refractivity contribution in [2.45, 2.75) is 6.10 Å². The lowest BCUT2D eigenvalue weighted by atomic mass is 10.4. The van der Waals surface area contributed by atoms with Gasteiger partial charge < -0.3 is 15.5 Å². The van der Waals surface area contributed by atoms with Gasteiger partial charge in [-0.25, -0.2) is 4.98 Å². The first-order chi connectivity index (χ1) is 6.24. The second-order valence-corrected chi connectivity index (χ2v) is 2.38. The summed E-state index contributed by atoms with van der Waals surface area (Å²) in [6.07, 6.45) is 0.254. The molecule has 7 heteroatoms. The number of aliphatic hydroxyl groups excluding tert-OH is 2. The molecule has 1 aromatic rings. The summed E-state index contributed by atoms with van der Waals surface area (Å²) in [7, 11) is 0. The number of hydrogen-bond acceptors (Lipinski definition) is 5. The van der Waals surface area contributed by atoms with Crippen LogP contribution in [0.1, 0.15) is 10.6 Å². The minimum atomic E-state index is -0.952. The lowest BCUT2D eigenvalue weighted by molar-refractivity contribution is 0.0795. The first-order valence-electron chi connectivity index (χ1n) is 3.66. The molecule has 1 rings (SSSR count). The van der Waals surface area contributed by atoms with Crippen LogP contribution in [0.4, 0.5) is 0 Å². The van der Waals surface area contributed by atoms with Crippen molar-refractivity contribution in [3.63, 3.8) is 0 Å². The molecule has 0 saturated heterocycles. The zero-order valence-electron chi connectivity index (χ0n) is 6.77. The molecular weight excluding hydrogens is 176 g/mol. The summed E-state index contributed by atoms with van der Waals surface area (Å²) >= 11 is 0. The molecule has 0 radical (unpaired) electrons. The van der Waals surface area contributed by atoms with Gasteiger partial charge in [0.15, 0.2) is 0 Å². The van der Waals surface area contributed by atoms with E-state index in [9.17, 15) is 4.79 Å². The SMILES string of the molecule is O=C(NCC(O)CO)c1ncn[nH]1. The van der Waals surface area contributed by atoms with E-state index >= 15 is 0 Å². The van der Waals surface area contributed by atoms with Crippen LogP contribution >= 0.6 is 0 Å². The second-order valence-electron chi connectivity index (χ2n) is 2.38. The van der Waals surface area contributed by atoms with E-state index in [0.717, 1.165) is 0 Å². The molecule has 72 valence electrons. The van der Waals surface area contributed by atoms with Gasteiger partial charge in [-0.1, -0.05) is 0 Å². The minimum absolute atomic E-state index is 0.0178. The van der Waals surface area contributed by atoms with Crippen molar-refractivity contribution in [1.29, 1.82) is 0 Å². The molecule has 1 heterocycles. The van der Waals surface area contributed by atoms with E-state index in [1.54, 1.807) is 0 Å². The summed E-state index contributed by atoms with van der Waals surface area (Å²) in [4.78, 5) is 14.7. The van der Waals surface area contributed by atoms with E-state index in [1.165, 1.54) is 6.33 Å². The Morgan fingerprint density at radius 1 is 1.77 bits per heavy atom. The summed E-state index contributed by atoms with van der Waals surface area (Å²) < 4.78 is 0. The van der Waals surface area contributed by atoms with Gasteiger partial charge in [-0.15, -0.1) is 0 Å². The van der Waals surface area contributed by atoms with Gasteiger partial charge in [0.25, 0.3) is 5.91 Å². The van der Waals surface area contributed by atoms with Crippen molar-refractivity contribution in [3.8, 4) is 0 Å². The first-order valence-corrected chi connectivity index (χ1v) is 3.66. The Hall–Kier alpha value is -1.47. The lowest BCUT2D eigenvalue weighted by Gasteiger charge is -2.06. The fraction of sp³-hybridized carbons (Fsp3) is 0.500. The van der Waals surface area contributed by atoms with Crippen LogP contribution in [0.15, 0.2) is 6.33 Å². The smallest absolute Gasteiger partial charge is 0.288 e. The van der Waals surface area contributed by atoms with Gasteiger partial charge >= 0.3 is 0 Å². The molecule has 7 nitrogen and oxygen atoms in total. The lowest BCUT2D eigenvalue weighted by Crippen LogP contribution is -2.34. The summed E-state index contributed by atoms with van der Waals surface area (Å²) in [5, 5.41) is 25.5. The molecule has 0 aliphatic heterocycles. The number of H-pyrrole nitrogens is 1. The number of nitrogens with zero attached hydrogens (tertiary/aromatic N) is 2. The number of carbonyl (C=O) groups excluding carboxylic acids is 1. The molecule has 1 unspecified atom stereocenters. The van der Waals surface area contributed by atoms with Crippen molar-refractivity contribution in [3.05, 3.63) is 12.2 Å². The van der Waals surface area contributed by atoms with Gasteiger partial charge in [0.05, 0.1) is 12.7 Å². The highest BCUT2D eigenvalue weighted by atomic mass is 16.3. The van der Waals surface area contributed by atoms with Gasteiger partial charge in [-0.2, -0.15) is 5.10 Å². The molecule has 0 bridgehead atoms. The normalized spacial score (nSPS) is 12.5. The van der Waals surface area contributed by atoms with Gasteiger partial charge in [0, 0.05) is 6.54 Å². The summed E-state index contributed by atoms with van der Waals surface area (Å²) in [6.45, 7) is -0.410. The Morgan fingerprint density at radius 2 is 2.54 bits per heavy atom. The van der Waals surface area contributed by atoms with E-state index in [4.69, 9.17) is 10.2 Å². The monoisotopic (exact) mass is 186 g/mol. The third-order valence-corrected chi connectivity index (χ3v) is 1.34. The standard InChI is InChI=1S/C6H10N4O3/c11-2-4(12)1-7-6(13)5-8-3-9-10-5/h3-4,11-12H,1-2H2,(H,7,13)(H,8,9,10). The highest BCUT2D eigenvalue weighted by Gasteiger charge is 2.09. The van der Waals surface area contributed by atoms with E-state index in [-0.39, 0.29) is 12.4 Å². The topological polar surface area (TPSA) is 111 Å². The predicted molar refractivity (Wildman–Crippen MR) is 41.8 cm³/mol. The maximum Gasteiger partial charge on any atom is 0.288 e. The van der Waals surface area contributed by atoms with Crippen molar-refractivity contribution in [1.82, 2.24) is 20.5 Å². The van der Waals surface area contributed by atoms with Crippen LogP contribution in [0.3, 0.4) is 0 Å². The number of carbonyl (C=O) groups is 1. The average Bonchev–Trinajstić information content (AvgIpc) is 2.66. The maximum absolute atomic E-state index is 11.1. The Kier molecular flexibility index (Phi) is 3.35. The number of aliphatic hydroxyl groups is 2. The molecule has 1 amide bonds. The number of aromatic nitrogens is 3. The fourth-order valence-corrected chi connectivity index (χ4v) is 0.674. The second kappa shape index (κ2) is 4.53. The van der Waals surface area contributed by atoms with Crippen LogP contribution in [-0.4, -0.2) is 50.6 Å². The molecule has 0 fully saturated rings. The third kappa shape index (κ3) is 2.80. The van der Waals surface area contributed by atoms with Gasteiger partial charge in [0.2, 0.25) is 5.82 Å². The van der Waals surface area contributed by atoms with E-state index in [1.807, 2.05) is 0 Å². The van der Waals surface area contributed by atoms with Crippen LogP contribution in [-0.2, 0) is 0 Å². The van der Waals surface area contributed by atoms with Gasteiger partial charge in [-0.3, -0.25) is 9.89 Å². The average molecular weight is 186 g/mol. The predicted octanol–water partition coefficient (Wildman–Crippen LogP) is -2.11. The van der Waals surface area contributed by atoms with E-state index in [0.29, 0.717) is 0 Å². The molecule has 1 aromatic heterocycles. The van der Waals surface area contributed by atoms with Crippen molar-refractivity contribution < 1.29 is 15.0 Å². The molecular formula is C6H10N4O3. The number of aromatic amines is 1. The maximum atomic E-state index is 11.1. The Balaban J connectivity index is 2.35. The van der Waals surface area contributed by atoms with Crippen LogP contribution in [0, 0.1) is 0 Å². The summed E-state index contributed by atoms with van der Waals surface area (Å²) in [6, 6.07) is 0. The van der Waals surface area contributed by atoms with Crippen LogP contribution in [0.25, 0.3) is 0 Å². The third-order valence-electron chi connectivity index (χ3n) is 1.34. The molecule has 0 aliphatic rings. The van der Waals surface area contributed by atoms with E-state index in [2.05, 4.69) is 20.5 Å². The molecule has 0 saturated carbocycles. The molecule has 0 aliphatic carbocycles. The molecule has 0 aromatic carbocycles. The van der Waals surface area contributed by atoms with Gasteiger partial charge in [0.1, 0.15) is 6.33 Å². The number of hydrogen-bond donors (Lipinski definition) is 4. The number of amides is 1. The van der Waals surface area contributed by atoms with Crippen LogP contribution in [0.5, 0.6) is 0 Å². The zero-order valence-corrected chi connectivity index (χ0v) is 6.77. The van der Waals surface area contributed by atoms with Crippen molar-refractivity contribution in [2.75, 3.05) is 13.2 Å². The van der Waals surface area contributed by atoms with Gasteiger partial charge in [-0.05, 0) is 0 Å². The Bertz CT molecular complexity index is 261. The van der Waals surface area contributed by atoms with Crippen LogP contribution in [0.2, 0.25) is 0 Å². The molecule has 0 spiro atoms. The van der Waals surface area contributed by atoms with Crippen LogP contribution < -0.4 is 5.32 Å². The Morgan fingerprint density at radius 3 is 3.08 bits per heavy atom. The molecule has 1 atom stereocenters. The highest BCUT2D eigenvalue weighted by Crippen LogP contribution is 1.85. The molecule has 4 N–H and O–H groups in total. The quantitative estimate of drug-likeness (QED) is 0.430. The van der Waals surface area contributed by atoms with E-state index < -0.39 is 18.6 Å². The largest absolute Gasteiger partial charge is 0.394 e. The first kappa shape index (κ1) is 9.62. The van der Waals surface area contributed by atoms with Crippen molar-refractivity contribution >= 4 is 5.91 Å².